The molecule has 2 rings (SSSR count). The zero-order valence-corrected chi connectivity index (χ0v) is 11.6. The molecule has 0 spiro atoms. The van der Waals surface area contributed by atoms with E-state index in [0.717, 1.165) is 10.9 Å². The summed E-state index contributed by atoms with van der Waals surface area (Å²) < 4.78 is 27.3. The minimum atomic E-state index is -1.18. The van der Waals surface area contributed by atoms with E-state index in [1.165, 1.54) is 11.3 Å². The van der Waals surface area contributed by atoms with E-state index in [0.29, 0.717) is 16.9 Å². The zero-order chi connectivity index (χ0) is 14.7. The van der Waals surface area contributed by atoms with Crippen molar-refractivity contribution in [1.29, 1.82) is 0 Å². The molecule has 8 heteroatoms. The summed E-state index contributed by atoms with van der Waals surface area (Å²) in [6, 6.07) is 4.99. The molecule has 4 nitrogen and oxygen atoms in total. The van der Waals surface area contributed by atoms with Gasteiger partial charge < -0.3 is 5.32 Å². The number of nitro groups is 1. The fraction of sp³-hybridized carbons (Fsp3) is 0.167. The molecule has 0 aliphatic carbocycles. The Morgan fingerprint density at radius 3 is 2.60 bits per heavy atom. The Balaban J connectivity index is 2.05. The summed E-state index contributed by atoms with van der Waals surface area (Å²) >= 11 is 7.15. The van der Waals surface area contributed by atoms with E-state index in [9.17, 15) is 18.9 Å². The van der Waals surface area contributed by atoms with E-state index in [4.69, 9.17) is 11.6 Å². The van der Waals surface area contributed by atoms with Crippen molar-refractivity contribution >= 4 is 28.6 Å². The van der Waals surface area contributed by atoms with Gasteiger partial charge in [0.15, 0.2) is 0 Å². The average Bonchev–Trinajstić information content (AvgIpc) is 2.77. The lowest BCUT2D eigenvalue weighted by Crippen LogP contribution is -2.13. The van der Waals surface area contributed by atoms with Crippen molar-refractivity contribution in [2.24, 2.45) is 0 Å². The molecule has 2 aromatic rings. The Labute approximate surface area is 122 Å². The van der Waals surface area contributed by atoms with E-state index in [2.05, 4.69) is 5.32 Å². The van der Waals surface area contributed by atoms with Crippen molar-refractivity contribution in [3.8, 4) is 0 Å². The van der Waals surface area contributed by atoms with Crippen LogP contribution in [-0.2, 0) is 13.1 Å². The number of nitrogens with one attached hydrogen (secondary N) is 1. The molecule has 0 amide bonds. The summed E-state index contributed by atoms with van der Waals surface area (Å²) in [4.78, 5) is 10.7. The zero-order valence-electron chi connectivity index (χ0n) is 10.0. The van der Waals surface area contributed by atoms with Gasteiger partial charge in [0, 0.05) is 35.7 Å². The molecule has 0 radical (unpaired) electrons. The second-order valence-corrected chi connectivity index (χ2v) is 5.76. The van der Waals surface area contributed by atoms with Crippen LogP contribution in [0.1, 0.15) is 10.4 Å². The highest BCUT2D eigenvalue weighted by Crippen LogP contribution is 2.23. The van der Waals surface area contributed by atoms with Gasteiger partial charge in [-0.3, -0.25) is 10.1 Å². The molecular formula is C12H9ClF2N2O2S. The van der Waals surface area contributed by atoms with Gasteiger partial charge in [0.2, 0.25) is 5.82 Å². The molecule has 0 fully saturated rings. The van der Waals surface area contributed by atoms with Gasteiger partial charge in [-0.15, -0.1) is 11.3 Å². The first kappa shape index (κ1) is 14.8. The van der Waals surface area contributed by atoms with Crippen LogP contribution in [0.15, 0.2) is 24.3 Å². The number of hydrogen-bond donors (Lipinski definition) is 1. The van der Waals surface area contributed by atoms with Crippen molar-refractivity contribution in [3.05, 3.63) is 60.8 Å². The molecule has 0 aliphatic rings. The van der Waals surface area contributed by atoms with Crippen molar-refractivity contribution in [3.63, 3.8) is 0 Å². The maximum Gasteiger partial charge on any atom is 0.305 e. The second kappa shape index (κ2) is 6.25. The Bertz CT molecular complexity index is 648. The van der Waals surface area contributed by atoms with Gasteiger partial charge >= 0.3 is 5.69 Å². The van der Waals surface area contributed by atoms with E-state index in [1.807, 2.05) is 6.07 Å². The van der Waals surface area contributed by atoms with Gasteiger partial charge in [-0.1, -0.05) is 11.6 Å². The Morgan fingerprint density at radius 2 is 2.00 bits per heavy atom. The minimum absolute atomic E-state index is 0.0424. The van der Waals surface area contributed by atoms with E-state index < -0.39 is 22.2 Å². The predicted octanol–water partition coefficient (Wildman–Crippen LogP) is 3.88. The minimum Gasteiger partial charge on any atom is -0.308 e. The average molecular weight is 319 g/mol. The third-order valence-electron chi connectivity index (χ3n) is 2.56. The molecule has 1 aromatic carbocycles. The quantitative estimate of drug-likeness (QED) is 0.672. The van der Waals surface area contributed by atoms with Crippen molar-refractivity contribution < 1.29 is 13.7 Å². The highest BCUT2D eigenvalue weighted by molar-refractivity contribution is 7.16. The monoisotopic (exact) mass is 318 g/mol. The molecule has 0 unspecified atom stereocenters. The molecule has 0 bridgehead atoms. The lowest BCUT2D eigenvalue weighted by molar-refractivity contribution is -0.387. The molecule has 106 valence electrons. The first-order chi connectivity index (χ1) is 9.47. The lowest BCUT2D eigenvalue weighted by Gasteiger charge is -2.05. The van der Waals surface area contributed by atoms with Gasteiger partial charge in [-0.05, 0) is 12.1 Å². The van der Waals surface area contributed by atoms with Gasteiger partial charge in [0.05, 0.1) is 9.26 Å². The Morgan fingerprint density at radius 1 is 1.25 bits per heavy atom. The van der Waals surface area contributed by atoms with Crippen LogP contribution in [0.4, 0.5) is 14.5 Å². The molecule has 0 aliphatic heterocycles. The molecule has 1 N–H and O–H groups in total. The number of nitrogens with zero attached hydrogens (tertiary/aromatic N) is 1. The fourth-order valence-corrected chi connectivity index (χ4v) is 2.68. The Hall–Kier alpha value is -1.57. The van der Waals surface area contributed by atoms with Crippen molar-refractivity contribution in [2.45, 2.75) is 13.1 Å². The standard InChI is InChI=1S/C12H9ClF2N2O2S/c13-12-2-1-8(20-12)6-16-5-7-3-11(17(18)19)10(15)4-9(7)14/h1-4,16H,5-6H2. The summed E-state index contributed by atoms with van der Waals surface area (Å²) in [7, 11) is 0. The van der Waals surface area contributed by atoms with E-state index in [-0.39, 0.29) is 12.1 Å². The highest BCUT2D eigenvalue weighted by Gasteiger charge is 2.18. The highest BCUT2D eigenvalue weighted by atomic mass is 35.5. The number of halogens is 3. The van der Waals surface area contributed by atoms with Gasteiger partial charge in [-0.25, -0.2) is 4.39 Å². The van der Waals surface area contributed by atoms with Crippen LogP contribution in [0, 0.1) is 21.7 Å². The molecule has 20 heavy (non-hydrogen) atoms. The first-order valence-corrected chi connectivity index (χ1v) is 6.74. The Kier molecular flexibility index (Phi) is 4.64. The van der Waals surface area contributed by atoms with Crippen LogP contribution in [-0.4, -0.2) is 4.92 Å². The third-order valence-corrected chi connectivity index (χ3v) is 3.79. The number of hydrogen-bond acceptors (Lipinski definition) is 4. The van der Waals surface area contributed by atoms with Crippen LogP contribution in [0.2, 0.25) is 4.34 Å². The fourth-order valence-electron chi connectivity index (χ4n) is 1.62. The van der Waals surface area contributed by atoms with Crippen molar-refractivity contribution in [2.75, 3.05) is 0 Å². The SMILES string of the molecule is O=[N+]([O-])c1cc(CNCc2ccc(Cl)s2)c(F)cc1F. The van der Waals surface area contributed by atoms with E-state index in [1.54, 1.807) is 6.07 Å². The number of nitro benzene ring substituents is 1. The normalized spacial score (nSPS) is 10.8. The van der Waals surface area contributed by atoms with Crippen LogP contribution < -0.4 is 5.32 Å². The van der Waals surface area contributed by atoms with Crippen LogP contribution in [0.25, 0.3) is 0 Å². The molecule has 1 aromatic heterocycles. The summed E-state index contributed by atoms with van der Waals surface area (Å²) in [5, 5.41) is 13.5. The third kappa shape index (κ3) is 3.50. The lowest BCUT2D eigenvalue weighted by atomic mass is 10.1. The maximum atomic E-state index is 13.5. The molecular weight excluding hydrogens is 310 g/mol. The smallest absolute Gasteiger partial charge is 0.305 e. The van der Waals surface area contributed by atoms with E-state index >= 15 is 0 Å². The van der Waals surface area contributed by atoms with Crippen LogP contribution >= 0.6 is 22.9 Å². The van der Waals surface area contributed by atoms with Crippen LogP contribution in [0.3, 0.4) is 0 Å². The van der Waals surface area contributed by atoms with Crippen LogP contribution in [0.5, 0.6) is 0 Å². The van der Waals surface area contributed by atoms with Gasteiger partial charge in [0.1, 0.15) is 5.82 Å². The van der Waals surface area contributed by atoms with Gasteiger partial charge in [0.25, 0.3) is 0 Å². The molecule has 0 atom stereocenters. The predicted molar refractivity (Wildman–Crippen MR) is 72.9 cm³/mol. The largest absolute Gasteiger partial charge is 0.308 e. The summed E-state index contributed by atoms with van der Waals surface area (Å²) in [5.74, 6) is -1.99. The molecule has 1 heterocycles. The van der Waals surface area contributed by atoms with Gasteiger partial charge in [-0.2, -0.15) is 4.39 Å². The summed E-state index contributed by atoms with van der Waals surface area (Å²) in [6.07, 6.45) is 0. The topological polar surface area (TPSA) is 55.2 Å². The number of benzene rings is 1. The summed E-state index contributed by atoms with van der Waals surface area (Å²) in [6.45, 7) is 0.504. The first-order valence-electron chi connectivity index (χ1n) is 5.54. The molecule has 0 saturated heterocycles. The maximum absolute atomic E-state index is 13.5. The van der Waals surface area contributed by atoms with Crippen molar-refractivity contribution in [1.82, 2.24) is 5.32 Å². The summed E-state index contributed by atoms with van der Waals surface area (Å²) in [5.41, 5.74) is -0.692. The second-order valence-electron chi connectivity index (χ2n) is 3.96. The number of thiophene rings is 1. The number of rotatable bonds is 5. The molecule has 0 saturated carbocycles.